The summed E-state index contributed by atoms with van der Waals surface area (Å²) >= 11 is 0. The minimum atomic E-state index is 0.690. The van der Waals surface area contributed by atoms with Crippen LogP contribution in [0, 0.1) is 5.92 Å². The highest BCUT2D eigenvalue weighted by atomic mass is 28.1. The average molecular weight is 156 g/mol. The van der Waals surface area contributed by atoms with Crippen LogP contribution in [0.5, 0.6) is 0 Å². The summed E-state index contributed by atoms with van der Waals surface area (Å²) in [5, 5.41) is 0. The first-order valence-corrected chi connectivity index (χ1v) is 5.58. The SMILES string of the molecule is CC([SiH3])C1CCC2OC2C1. The van der Waals surface area contributed by atoms with Crippen molar-refractivity contribution in [2.24, 2.45) is 5.92 Å². The van der Waals surface area contributed by atoms with Gasteiger partial charge in [-0.05, 0) is 25.2 Å². The Kier molecular flexibility index (Phi) is 1.61. The Morgan fingerprint density at radius 1 is 1.40 bits per heavy atom. The molecule has 58 valence electrons. The predicted octanol–water partition coefficient (Wildman–Crippen LogP) is 0.728. The molecular formula is C8H16OSi. The average Bonchev–Trinajstić information content (AvgIpc) is 2.63. The second-order valence-corrected chi connectivity index (χ2v) is 5.85. The lowest BCUT2D eigenvalue weighted by molar-refractivity contribution is 0.357. The lowest BCUT2D eigenvalue weighted by Gasteiger charge is -2.22. The quantitative estimate of drug-likeness (QED) is 0.403. The summed E-state index contributed by atoms with van der Waals surface area (Å²) in [5.74, 6) is 1.01. The van der Waals surface area contributed by atoms with E-state index in [1.54, 1.807) is 0 Å². The first kappa shape index (κ1) is 6.86. The van der Waals surface area contributed by atoms with E-state index in [4.69, 9.17) is 4.74 Å². The molecule has 1 aliphatic carbocycles. The molecule has 0 bridgehead atoms. The number of epoxide rings is 1. The van der Waals surface area contributed by atoms with E-state index < -0.39 is 0 Å². The number of fused-ring (bicyclic) bond motifs is 1. The van der Waals surface area contributed by atoms with Crippen LogP contribution in [0.15, 0.2) is 0 Å². The van der Waals surface area contributed by atoms with Crippen LogP contribution in [-0.4, -0.2) is 22.5 Å². The highest BCUT2D eigenvalue weighted by Gasteiger charge is 2.44. The minimum absolute atomic E-state index is 0.690. The molecule has 2 heteroatoms. The number of hydrogen-bond donors (Lipinski definition) is 0. The standard InChI is InChI=1S/C8H16OSi/c1-5(10)6-2-3-7-8(4-6)9-7/h5-8H,2-4H2,1,10H3. The molecule has 0 N–H and O–H groups in total. The van der Waals surface area contributed by atoms with Crippen LogP contribution in [-0.2, 0) is 4.74 Å². The largest absolute Gasteiger partial charge is 0.370 e. The predicted molar refractivity (Wildman–Crippen MR) is 45.4 cm³/mol. The van der Waals surface area contributed by atoms with E-state index in [0.717, 1.165) is 11.5 Å². The van der Waals surface area contributed by atoms with E-state index in [1.807, 2.05) is 0 Å². The van der Waals surface area contributed by atoms with Gasteiger partial charge in [-0.15, -0.1) is 0 Å². The van der Waals surface area contributed by atoms with Crippen LogP contribution in [0.3, 0.4) is 0 Å². The molecule has 1 heterocycles. The van der Waals surface area contributed by atoms with Crippen molar-refractivity contribution in [2.75, 3.05) is 0 Å². The van der Waals surface area contributed by atoms with Gasteiger partial charge in [-0.3, -0.25) is 0 Å². The third-order valence-electron chi connectivity index (χ3n) is 2.99. The second-order valence-electron chi connectivity index (χ2n) is 4.03. The van der Waals surface area contributed by atoms with Gasteiger partial charge in [0.05, 0.1) is 12.2 Å². The van der Waals surface area contributed by atoms with Gasteiger partial charge in [0.1, 0.15) is 0 Å². The Labute approximate surface area is 65.6 Å². The number of rotatable bonds is 1. The molecule has 2 fully saturated rings. The first-order chi connectivity index (χ1) is 4.77. The van der Waals surface area contributed by atoms with Gasteiger partial charge in [0.25, 0.3) is 0 Å². The molecule has 4 unspecified atom stereocenters. The lowest BCUT2D eigenvalue weighted by Crippen LogP contribution is -2.16. The van der Waals surface area contributed by atoms with Crippen molar-refractivity contribution < 1.29 is 4.74 Å². The Morgan fingerprint density at radius 2 is 2.20 bits per heavy atom. The van der Waals surface area contributed by atoms with Gasteiger partial charge in [0.2, 0.25) is 0 Å². The van der Waals surface area contributed by atoms with Crippen LogP contribution in [0.4, 0.5) is 0 Å². The number of ether oxygens (including phenoxy) is 1. The summed E-state index contributed by atoms with van der Waals surface area (Å²) < 4.78 is 5.47. The molecule has 0 aromatic carbocycles. The molecule has 0 aromatic heterocycles. The van der Waals surface area contributed by atoms with Gasteiger partial charge in [0, 0.05) is 10.2 Å². The van der Waals surface area contributed by atoms with Crippen LogP contribution >= 0.6 is 0 Å². The number of hydrogen-bond acceptors (Lipinski definition) is 1. The van der Waals surface area contributed by atoms with E-state index in [0.29, 0.717) is 12.2 Å². The third-order valence-corrected chi connectivity index (χ3v) is 3.93. The Morgan fingerprint density at radius 3 is 2.80 bits per heavy atom. The molecule has 1 nitrogen and oxygen atoms in total. The molecular weight excluding hydrogens is 140 g/mol. The summed E-state index contributed by atoms with van der Waals surface area (Å²) in [4.78, 5) is 0. The summed E-state index contributed by atoms with van der Waals surface area (Å²) in [6.45, 7) is 2.39. The summed E-state index contributed by atoms with van der Waals surface area (Å²) in [6, 6.07) is 0. The van der Waals surface area contributed by atoms with Crippen LogP contribution in [0.1, 0.15) is 26.2 Å². The second kappa shape index (κ2) is 2.34. The van der Waals surface area contributed by atoms with Crippen molar-refractivity contribution in [1.82, 2.24) is 0 Å². The molecule has 10 heavy (non-hydrogen) atoms. The van der Waals surface area contributed by atoms with E-state index in [2.05, 4.69) is 6.92 Å². The van der Waals surface area contributed by atoms with Crippen molar-refractivity contribution in [1.29, 1.82) is 0 Å². The smallest absolute Gasteiger partial charge is 0.0844 e. The molecule has 0 radical (unpaired) electrons. The van der Waals surface area contributed by atoms with E-state index in [1.165, 1.54) is 29.5 Å². The lowest BCUT2D eigenvalue weighted by atomic mass is 9.87. The van der Waals surface area contributed by atoms with Gasteiger partial charge in [0.15, 0.2) is 0 Å². The highest BCUT2D eigenvalue weighted by Crippen LogP contribution is 2.42. The summed E-state index contributed by atoms with van der Waals surface area (Å²) in [6.07, 6.45) is 5.54. The zero-order valence-electron chi connectivity index (χ0n) is 6.84. The zero-order valence-corrected chi connectivity index (χ0v) is 8.84. The monoisotopic (exact) mass is 156 g/mol. The van der Waals surface area contributed by atoms with Crippen molar-refractivity contribution in [3.63, 3.8) is 0 Å². The topological polar surface area (TPSA) is 12.5 Å². The van der Waals surface area contributed by atoms with Crippen LogP contribution in [0.2, 0.25) is 5.54 Å². The van der Waals surface area contributed by atoms with Crippen LogP contribution < -0.4 is 0 Å². The maximum Gasteiger partial charge on any atom is 0.0844 e. The van der Waals surface area contributed by atoms with Crippen molar-refractivity contribution in [3.05, 3.63) is 0 Å². The van der Waals surface area contributed by atoms with E-state index >= 15 is 0 Å². The summed E-state index contributed by atoms with van der Waals surface area (Å²) in [7, 11) is 1.36. The summed E-state index contributed by atoms with van der Waals surface area (Å²) in [5.41, 5.74) is 1.00. The van der Waals surface area contributed by atoms with Gasteiger partial charge in [-0.1, -0.05) is 12.5 Å². The molecule has 4 atom stereocenters. The van der Waals surface area contributed by atoms with Crippen LogP contribution in [0.25, 0.3) is 0 Å². The van der Waals surface area contributed by atoms with Crippen molar-refractivity contribution in [3.8, 4) is 0 Å². The molecule has 2 aliphatic rings. The molecule has 2 rings (SSSR count). The third kappa shape index (κ3) is 1.15. The van der Waals surface area contributed by atoms with Crippen molar-refractivity contribution >= 4 is 10.2 Å². The minimum Gasteiger partial charge on any atom is -0.370 e. The molecule has 1 aliphatic heterocycles. The maximum atomic E-state index is 5.47. The molecule has 0 spiro atoms. The van der Waals surface area contributed by atoms with Gasteiger partial charge >= 0.3 is 0 Å². The Hall–Kier alpha value is 0.177. The molecule has 1 saturated carbocycles. The van der Waals surface area contributed by atoms with Gasteiger partial charge < -0.3 is 4.74 Å². The fourth-order valence-corrected chi connectivity index (χ4v) is 2.65. The van der Waals surface area contributed by atoms with E-state index in [-0.39, 0.29) is 0 Å². The molecule has 0 aromatic rings. The van der Waals surface area contributed by atoms with E-state index in [9.17, 15) is 0 Å². The zero-order chi connectivity index (χ0) is 7.14. The Balaban J connectivity index is 1.88. The molecule has 1 saturated heterocycles. The van der Waals surface area contributed by atoms with Gasteiger partial charge in [-0.25, -0.2) is 0 Å². The Bertz CT molecular complexity index is 135. The highest BCUT2D eigenvalue weighted by molar-refractivity contribution is 6.11. The van der Waals surface area contributed by atoms with Gasteiger partial charge in [-0.2, -0.15) is 0 Å². The molecule has 0 amide bonds. The fraction of sp³-hybridized carbons (Fsp3) is 1.00. The fourth-order valence-electron chi connectivity index (χ4n) is 2.04. The first-order valence-electron chi connectivity index (χ1n) is 4.43. The maximum absolute atomic E-state index is 5.47. The normalized spacial score (nSPS) is 48.3. The van der Waals surface area contributed by atoms with Crippen molar-refractivity contribution in [2.45, 2.75) is 43.9 Å².